The van der Waals surface area contributed by atoms with E-state index in [0.29, 0.717) is 17.9 Å². The molecule has 0 bridgehead atoms. The topological polar surface area (TPSA) is 111 Å². The van der Waals surface area contributed by atoms with E-state index in [1.165, 1.54) is 18.3 Å². The lowest BCUT2D eigenvalue weighted by atomic mass is 9.93. The highest BCUT2D eigenvalue weighted by molar-refractivity contribution is 6.09. The van der Waals surface area contributed by atoms with Crippen LogP contribution in [0.5, 0.6) is 0 Å². The average molecular weight is 354 g/mol. The van der Waals surface area contributed by atoms with Crippen LogP contribution >= 0.6 is 0 Å². The van der Waals surface area contributed by atoms with E-state index in [2.05, 4.69) is 15.7 Å². The Bertz CT molecular complexity index is 909. The zero-order chi connectivity index (χ0) is 18.7. The van der Waals surface area contributed by atoms with E-state index in [-0.39, 0.29) is 5.56 Å². The summed E-state index contributed by atoms with van der Waals surface area (Å²) in [5.74, 6) is -1.40. The summed E-state index contributed by atoms with van der Waals surface area (Å²) in [5.41, 5.74) is 1.31. The molecule has 3 rings (SSSR count). The minimum Gasteiger partial charge on any atom is -0.328 e. The van der Waals surface area contributed by atoms with Crippen LogP contribution in [0.4, 0.5) is 4.79 Å². The van der Waals surface area contributed by atoms with Crippen LogP contribution in [0.2, 0.25) is 0 Å². The summed E-state index contributed by atoms with van der Waals surface area (Å²) in [7, 11) is 0. The fourth-order valence-electron chi connectivity index (χ4n) is 2.76. The van der Waals surface area contributed by atoms with E-state index >= 15 is 0 Å². The molecule has 1 aliphatic heterocycles. The lowest BCUT2D eigenvalue weighted by molar-refractivity contribution is -0.132. The van der Waals surface area contributed by atoms with Gasteiger partial charge in [0.05, 0.1) is 0 Å². The number of aromatic amines is 1. The van der Waals surface area contributed by atoms with Crippen molar-refractivity contribution in [1.82, 2.24) is 20.7 Å². The number of H-pyrrole nitrogens is 1. The van der Waals surface area contributed by atoms with Gasteiger partial charge in [-0.2, -0.15) is 5.01 Å². The maximum atomic E-state index is 12.7. The molecule has 0 saturated carbocycles. The quantitative estimate of drug-likeness (QED) is 0.695. The Morgan fingerprint density at radius 3 is 2.54 bits per heavy atom. The van der Waals surface area contributed by atoms with Gasteiger partial charge in [0.1, 0.15) is 11.1 Å². The van der Waals surface area contributed by atoms with Crippen molar-refractivity contribution in [3.8, 4) is 0 Å². The minimum atomic E-state index is -1.14. The van der Waals surface area contributed by atoms with Crippen LogP contribution in [-0.2, 0) is 11.2 Å². The fraction of sp³-hybridized carbons (Fsp3) is 0.222. The highest BCUT2D eigenvalue weighted by atomic mass is 16.2. The number of hydrogen-bond acceptors (Lipinski definition) is 4. The highest BCUT2D eigenvalue weighted by Crippen LogP contribution is 2.22. The molecule has 0 aliphatic carbocycles. The molecule has 1 saturated heterocycles. The predicted molar refractivity (Wildman–Crippen MR) is 93.1 cm³/mol. The number of carbonyl (C=O) groups is 3. The summed E-state index contributed by atoms with van der Waals surface area (Å²) in [5, 5.41) is 3.23. The van der Waals surface area contributed by atoms with Crippen LogP contribution in [0.15, 0.2) is 53.5 Å². The van der Waals surface area contributed by atoms with Crippen LogP contribution in [0.25, 0.3) is 0 Å². The summed E-state index contributed by atoms with van der Waals surface area (Å²) in [6, 6.07) is 11.6. The lowest BCUT2D eigenvalue weighted by Crippen LogP contribution is -2.49. The highest BCUT2D eigenvalue weighted by Gasteiger charge is 2.48. The van der Waals surface area contributed by atoms with Gasteiger partial charge in [-0.05, 0) is 37.5 Å². The number of benzene rings is 1. The number of rotatable bonds is 5. The van der Waals surface area contributed by atoms with E-state index in [1.807, 2.05) is 30.3 Å². The fourth-order valence-corrected chi connectivity index (χ4v) is 2.76. The second-order valence-corrected chi connectivity index (χ2v) is 6.24. The van der Waals surface area contributed by atoms with Gasteiger partial charge in [-0.25, -0.2) is 4.79 Å². The van der Waals surface area contributed by atoms with E-state index in [1.54, 1.807) is 6.92 Å². The van der Waals surface area contributed by atoms with E-state index in [4.69, 9.17) is 0 Å². The number of carbonyl (C=O) groups excluding carboxylic acids is 3. The van der Waals surface area contributed by atoms with Crippen molar-refractivity contribution in [3.63, 3.8) is 0 Å². The molecule has 8 nitrogen and oxygen atoms in total. The first kappa shape index (κ1) is 17.4. The second kappa shape index (κ2) is 6.83. The molecule has 2 heterocycles. The third kappa shape index (κ3) is 3.34. The van der Waals surface area contributed by atoms with Gasteiger partial charge in [0.15, 0.2) is 0 Å². The summed E-state index contributed by atoms with van der Waals surface area (Å²) in [6.07, 6.45) is 2.34. The SMILES string of the molecule is C[C@]1(CCc2ccccc2)NC(=O)N(NC(=O)c2ccc[nH]c2=O)C1=O. The number of aryl methyl sites for hydroxylation is 1. The molecule has 1 aromatic carbocycles. The lowest BCUT2D eigenvalue weighted by Gasteiger charge is -2.21. The molecule has 0 unspecified atom stereocenters. The number of pyridine rings is 1. The molecular formula is C18H18N4O4. The van der Waals surface area contributed by atoms with Crippen molar-refractivity contribution >= 4 is 17.8 Å². The van der Waals surface area contributed by atoms with Crippen LogP contribution in [-0.4, -0.2) is 33.4 Å². The normalized spacial score (nSPS) is 19.3. The summed E-state index contributed by atoms with van der Waals surface area (Å²) >= 11 is 0. The van der Waals surface area contributed by atoms with Gasteiger partial charge in [-0.1, -0.05) is 30.3 Å². The molecule has 4 amide bonds. The molecule has 26 heavy (non-hydrogen) atoms. The molecule has 1 atom stereocenters. The predicted octanol–water partition coefficient (Wildman–Crippen LogP) is 0.963. The molecule has 2 aromatic rings. The number of urea groups is 1. The van der Waals surface area contributed by atoms with Crippen molar-refractivity contribution in [1.29, 1.82) is 0 Å². The first-order valence-corrected chi connectivity index (χ1v) is 8.10. The first-order chi connectivity index (χ1) is 12.4. The van der Waals surface area contributed by atoms with Gasteiger partial charge >= 0.3 is 6.03 Å². The molecule has 134 valence electrons. The van der Waals surface area contributed by atoms with Crippen LogP contribution < -0.4 is 16.3 Å². The monoisotopic (exact) mass is 354 g/mol. The van der Waals surface area contributed by atoms with Crippen LogP contribution in [0, 0.1) is 0 Å². The van der Waals surface area contributed by atoms with Gasteiger partial charge in [0.25, 0.3) is 17.4 Å². The van der Waals surface area contributed by atoms with Crippen molar-refractivity contribution in [2.45, 2.75) is 25.3 Å². The third-order valence-electron chi connectivity index (χ3n) is 4.29. The number of hydrogen-bond donors (Lipinski definition) is 3. The van der Waals surface area contributed by atoms with Gasteiger partial charge in [-0.3, -0.25) is 19.8 Å². The molecule has 8 heteroatoms. The van der Waals surface area contributed by atoms with E-state index in [9.17, 15) is 19.2 Å². The summed E-state index contributed by atoms with van der Waals surface area (Å²) in [4.78, 5) is 51.0. The molecule has 1 aliphatic rings. The number of aromatic nitrogens is 1. The van der Waals surface area contributed by atoms with Crippen molar-refractivity contribution in [3.05, 3.63) is 70.1 Å². The zero-order valence-electron chi connectivity index (χ0n) is 14.1. The van der Waals surface area contributed by atoms with Crippen LogP contribution in [0.1, 0.15) is 29.3 Å². The molecular weight excluding hydrogens is 336 g/mol. The molecule has 0 radical (unpaired) electrons. The Morgan fingerprint density at radius 1 is 1.12 bits per heavy atom. The van der Waals surface area contributed by atoms with E-state index < -0.39 is 28.9 Å². The van der Waals surface area contributed by atoms with Crippen molar-refractivity contribution < 1.29 is 14.4 Å². The largest absolute Gasteiger partial charge is 0.344 e. The van der Waals surface area contributed by atoms with Gasteiger partial charge in [0, 0.05) is 6.20 Å². The first-order valence-electron chi connectivity index (χ1n) is 8.10. The zero-order valence-corrected chi connectivity index (χ0v) is 14.1. The standard InChI is InChI=1S/C18H18N4O4/c1-18(10-9-12-6-3-2-4-7-12)16(25)22(17(26)20-18)21-15(24)13-8-5-11-19-14(13)23/h2-8,11H,9-10H2,1H3,(H,19,23)(H,20,26)(H,21,24)/t18-/m1/s1. The van der Waals surface area contributed by atoms with Gasteiger partial charge < -0.3 is 10.3 Å². The average Bonchev–Trinajstić information content (AvgIpc) is 2.85. The third-order valence-corrected chi connectivity index (χ3v) is 4.29. The molecule has 1 aromatic heterocycles. The van der Waals surface area contributed by atoms with Crippen LogP contribution in [0.3, 0.4) is 0 Å². The minimum absolute atomic E-state index is 0.189. The Kier molecular flexibility index (Phi) is 4.57. The Labute approximate surface area is 149 Å². The number of nitrogens with zero attached hydrogens (tertiary/aromatic N) is 1. The van der Waals surface area contributed by atoms with Crippen molar-refractivity contribution in [2.24, 2.45) is 0 Å². The smallest absolute Gasteiger partial charge is 0.328 e. The van der Waals surface area contributed by atoms with Gasteiger partial charge in [-0.15, -0.1) is 0 Å². The summed E-state index contributed by atoms with van der Waals surface area (Å²) < 4.78 is 0. The molecule has 0 spiro atoms. The number of nitrogens with one attached hydrogen (secondary N) is 3. The number of amides is 4. The molecule has 1 fully saturated rings. The van der Waals surface area contributed by atoms with Crippen molar-refractivity contribution in [2.75, 3.05) is 0 Å². The Balaban J connectivity index is 1.71. The number of hydrazine groups is 1. The Hall–Kier alpha value is -3.42. The maximum absolute atomic E-state index is 12.7. The number of imide groups is 1. The second-order valence-electron chi connectivity index (χ2n) is 6.24. The van der Waals surface area contributed by atoms with Gasteiger partial charge in [0.2, 0.25) is 0 Å². The maximum Gasteiger partial charge on any atom is 0.344 e. The summed E-state index contributed by atoms with van der Waals surface area (Å²) in [6.45, 7) is 1.61. The van der Waals surface area contributed by atoms with E-state index in [0.717, 1.165) is 5.56 Å². The molecule has 3 N–H and O–H groups in total. The Morgan fingerprint density at radius 2 is 1.85 bits per heavy atom.